The molecule has 0 aliphatic heterocycles. The summed E-state index contributed by atoms with van der Waals surface area (Å²) in [5, 5.41) is 11.2. The fraction of sp³-hybridized carbons (Fsp3) is 0.444. The van der Waals surface area contributed by atoms with Crippen LogP contribution >= 0.6 is 0 Å². The van der Waals surface area contributed by atoms with Gasteiger partial charge in [0.15, 0.2) is 5.41 Å². The van der Waals surface area contributed by atoms with E-state index in [1.807, 2.05) is 30.3 Å². The molecule has 1 saturated carbocycles. The molecule has 0 bridgehead atoms. The van der Waals surface area contributed by atoms with Gasteiger partial charge in [0.2, 0.25) is 0 Å². The Morgan fingerprint density at radius 1 is 1.17 bits per heavy atom. The van der Waals surface area contributed by atoms with Crippen LogP contribution < -0.4 is 0 Å². The molecule has 1 fully saturated rings. The summed E-state index contributed by atoms with van der Waals surface area (Å²) in [4.78, 5) is 24.5. The van der Waals surface area contributed by atoms with Crippen LogP contribution in [0.4, 0.5) is 0 Å². The summed E-state index contributed by atoms with van der Waals surface area (Å²) in [5.74, 6) is -1.74. The van der Waals surface area contributed by atoms with Crippen molar-refractivity contribution in [2.45, 2.75) is 24.9 Å². The molecular formula is C18H22O5. The van der Waals surface area contributed by atoms with Crippen LogP contribution in [0.1, 0.15) is 24.8 Å². The number of rotatable bonds is 4. The Hall–Kier alpha value is -2.14. The van der Waals surface area contributed by atoms with Crippen molar-refractivity contribution in [2.75, 3.05) is 14.2 Å². The number of methoxy groups -OCH3 is 2. The Morgan fingerprint density at radius 3 is 2.22 bits per heavy atom. The molecule has 1 aromatic carbocycles. The summed E-state index contributed by atoms with van der Waals surface area (Å²) >= 11 is 0. The van der Waals surface area contributed by atoms with E-state index < -0.39 is 28.9 Å². The van der Waals surface area contributed by atoms with Crippen molar-refractivity contribution in [2.24, 2.45) is 11.3 Å². The summed E-state index contributed by atoms with van der Waals surface area (Å²) in [6, 6.07) is 9.22. The molecular weight excluding hydrogens is 296 g/mol. The Labute approximate surface area is 135 Å². The quantitative estimate of drug-likeness (QED) is 0.523. The smallest absolute Gasteiger partial charge is 0.323 e. The van der Waals surface area contributed by atoms with Crippen molar-refractivity contribution in [3.63, 3.8) is 0 Å². The predicted molar refractivity (Wildman–Crippen MR) is 84.3 cm³/mol. The molecule has 0 unspecified atom stereocenters. The zero-order chi connectivity index (χ0) is 17.1. The second kappa shape index (κ2) is 6.54. The Bertz CT molecular complexity index is 579. The maximum absolute atomic E-state index is 12.3. The average molecular weight is 318 g/mol. The van der Waals surface area contributed by atoms with Crippen LogP contribution in [0.3, 0.4) is 0 Å². The van der Waals surface area contributed by atoms with Gasteiger partial charge in [0.05, 0.1) is 19.8 Å². The molecule has 0 heterocycles. The third kappa shape index (κ3) is 2.77. The molecule has 5 nitrogen and oxygen atoms in total. The van der Waals surface area contributed by atoms with Gasteiger partial charge in [-0.3, -0.25) is 9.59 Å². The molecule has 1 N–H and O–H groups in total. The second-order valence-corrected chi connectivity index (χ2v) is 5.90. The minimum atomic E-state index is -1.40. The summed E-state index contributed by atoms with van der Waals surface area (Å²) in [7, 11) is 2.49. The topological polar surface area (TPSA) is 72.8 Å². The molecule has 23 heavy (non-hydrogen) atoms. The van der Waals surface area contributed by atoms with Gasteiger partial charge < -0.3 is 14.6 Å². The summed E-state index contributed by atoms with van der Waals surface area (Å²) in [5.41, 5.74) is -1.83. The number of esters is 2. The minimum absolute atomic E-state index is 0.0985. The van der Waals surface area contributed by atoms with Gasteiger partial charge in [0.1, 0.15) is 0 Å². The number of carbonyl (C=O) groups is 2. The normalized spacial score (nSPS) is 26.1. The highest BCUT2D eigenvalue weighted by atomic mass is 16.5. The van der Waals surface area contributed by atoms with Crippen molar-refractivity contribution in [1.29, 1.82) is 0 Å². The van der Waals surface area contributed by atoms with E-state index in [1.165, 1.54) is 14.2 Å². The van der Waals surface area contributed by atoms with E-state index in [0.717, 1.165) is 5.56 Å². The maximum Gasteiger partial charge on any atom is 0.323 e. The van der Waals surface area contributed by atoms with Gasteiger partial charge in [-0.15, -0.1) is 6.58 Å². The molecule has 0 aromatic heterocycles. The predicted octanol–water partition coefficient (Wildman–Crippen LogP) is 2.19. The van der Waals surface area contributed by atoms with Crippen LogP contribution in [-0.2, 0) is 24.7 Å². The zero-order valence-electron chi connectivity index (χ0n) is 13.5. The summed E-state index contributed by atoms with van der Waals surface area (Å²) in [6.07, 6.45) is 2.08. The van der Waals surface area contributed by atoms with Crippen LogP contribution in [0.25, 0.3) is 0 Å². The largest absolute Gasteiger partial charge is 0.468 e. The van der Waals surface area contributed by atoms with Crippen LogP contribution in [0.15, 0.2) is 43.0 Å². The molecule has 1 aliphatic carbocycles. The number of aliphatic hydroxyl groups is 1. The van der Waals surface area contributed by atoms with Crippen molar-refractivity contribution in [3.8, 4) is 0 Å². The fourth-order valence-corrected chi connectivity index (χ4v) is 3.44. The average Bonchev–Trinajstić information content (AvgIpc) is 2.61. The lowest BCUT2D eigenvalue weighted by atomic mass is 9.61. The molecule has 0 spiro atoms. The van der Waals surface area contributed by atoms with Crippen molar-refractivity contribution in [1.82, 2.24) is 0 Å². The number of hydrogen-bond donors (Lipinski definition) is 1. The third-order valence-corrected chi connectivity index (χ3v) is 4.83. The van der Waals surface area contributed by atoms with E-state index in [1.54, 1.807) is 6.08 Å². The van der Waals surface area contributed by atoms with E-state index in [9.17, 15) is 14.7 Å². The van der Waals surface area contributed by atoms with Crippen LogP contribution in [0.5, 0.6) is 0 Å². The molecule has 5 heteroatoms. The van der Waals surface area contributed by atoms with Gasteiger partial charge in [-0.1, -0.05) is 36.4 Å². The highest BCUT2D eigenvalue weighted by Gasteiger charge is 2.57. The molecule has 2 rings (SSSR count). The third-order valence-electron chi connectivity index (χ3n) is 4.83. The van der Waals surface area contributed by atoms with E-state index >= 15 is 0 Å². The highest BCUT2D eigenvalue weighted by molar-refractivity contribution is 6.00. The lowest BCUT2D eigenvalue weighted by molar-refractivity contribution is -0.179. The van der Waals surface area contributed by atoms with Crippen LogP contribution in [0, 0.1) is 11.3 Å². The minimum Gasteiger partial charge on any atom is -0.468 e. The lowest BCUT2D eigenvalue weighted by Crippen LogP contribution is -2.51. The van der Waals surface area contributed by atoms with E-state index in [-0.39, 0.29) is 19.3 Å². The van der Waals surface area contributed by atoms with Crippen molar-refractivity contribution in [3.05, 3.63) is 48.6 Å². The van der Waals surface area contributed by atoms with Gasteiger partial charge >= 0.3 is 11.9 Å². The van der Waals surface area contributed by atoms with E-state index in [4.69, 9.17) is 9.47 Å². The number of carbonyl (C=O) groups excluding carboxylic acids is 2. The first-order chi connectivity index (χ1) is 10.9. The molecule has 0 amide bonds. The van der Waals surface area contributed by atoms with Gasteiger partial charge in [-0.25, -0.2) is 0 Å². The zero-order valence-corrected chi connectivity index (χ0v) is 13.5. The second-order valence-electron chi connectivity index (χ2n) is 5.90. The van der Waals surface area contributed by atoms with Crippen molar-refractivity contribution < 1.29 is 24.2 Å². The molecule has 0 radical (unpaired) electrons. The summed E-state index contributed by atoms with van der Waals surface area (Å²) < 4.78 is 9.65. The molecule has 0 saturated heterocycles. The monoisotopic (exact) mass is 318 g/mol. The molecule has 2 atom stereocenters. The first-order valence-electron chi connectivity index (χ1n) is 7.52. The van der Waals surface area contributed by atoms with Gasteiger partial charge in [-0.2, -0.15) is 0 Å². The number of ether oxygens (including phenoxy) is 2. The maximum atomic E-state index is 12.3. The van der Waals surface area contributed by atoms with Crippen LogP contribution in [0.2, 0.25) is 0 Å². The van der Waals surface area contributed by atoms with Gasteiger partial charge in [0.25, 0.3) is 0 Å². The van der Waals surface area contributed by atoms with Gasteiger partial charge in [-0.05, 0) is 24.8 Å². The Morgan fingerprint density at radius 2 is 1.74 bits per heavy atom. The Kier molecular flexibility index (Phi) is 4.90. The van der Waals surface area contributed by atoms with Crippen molar-refractivity contribution >= 4 is 11.9 Å². The van der Waals surface area contributed by atoms with E-state index in [0.29, 0.717) is 0 Å². The van der Waals surface area contributed by atoms with Gasteiger partial charge in [0, 0.05) is 5.92 Å². The molecule has 1 aliphatic rings. The number of hydrogen-bond acceptors (Lipinski definition) is 5. The van der Waals surface area contributed by atoms with E-state index in [2.05, 4.69) is 6.58 Å². The first-order valence-corrected chi connectivity index (χ1v) is 7.52. The first kappa shape index (κ1) is 17.2. The standard InChI is InChI=1S/C18H22O5/c1-4-13-12-17(15(19)22-2,16(20)23-3)10-11-18(13,21)14-8-6-5-7-9-14/h4-9,13,21H,1,10-12H2,2-3H3/t13-,18+/m0/s1. The highest BCUT2D eigenvalue weighted by Crippen LogP contribution is 2.50. The van der Waals surface area contributed by atoms with Crippen LogP contribution in [-0.4, -0.2) is 31.3 Å². The number of benzene rings is 1. The molecule has 1 aromatic rings. The SMILES string of the molecule is C=C[C@H]1CC(C(=O)OC)(C(=O)OC)CC[C@]1(O)c1ccccc1. The fourth-order valence-electron chi connectivity index (χ4n) is 3.44. The lowest BCUT2D eigenvalue weighted by Gasteiger charge is -2.45. The Balaban J connectivity index is 2.42. The summed E-state index contributed by atoms with van der Waals surface area (Å²) in [6.45, 7) is 3.78. The molecule has 124 valence electrons.